The molecule has 25 heavy (non-hydrogen) atoms. The van der Waals surface area contributed by atoms with Gasteiger partial charge in [0.2, 0.25) is 11.9 Å². The monoisotopic (exact) mass is 344 g/mol. The molecule has 0 saturated carbocycles. The Bertz CT molecular complexity index is 754. The molecule has 1 fully saturated rings. The molecule has 2 atom stereocenters. The van der Waals surface area contributed by atoms with Crippen molar-refractivity contribution >= 4 is 17.9 Å². The normalized spacial score (nSPS) is 18.4. The average Bonchev–Trinajstić information content (AvgIpc) is 2.97. The number of cyclic esters (lactones) is 1. The molecular weight excluding hydrogens is 323 g/mol. The van der Waals surface area contributed by atoms with Crippen LogP contribution in [0.5, 0.6) is 0 Å². The van der Waals surface area contributed by atoms with E-state index in [1.165, 1.54) is 4.90 Å². The van der Waals surface area contributed by atoms with Crippen LogP contribution in [0.15, 0.2) is 36.4 Å². The summed E-state index contributed by atoms with van der Waals surface area (Å²) in [4.78, 5) is 21.6. The highest BCUT2D eigenvalue weighted by Gasteiger charge is 2.37. The van der Waals surface area contributed by atoms with E-state index in [-0.39, 0.29) is 36.4 Å². The lowest BCUT2D eigenvalue weighted by molar-refractivity contribution is 0.177. The Hall–Kier alpha value is -2.70. The lowest BCUT2D eigenvalue weighted by Crippen LogP contribution is -2.38. The van der Waals surface area contributed by atoms with E-state index < -0.39 is 12.0 Å². The zero-order valence-electron chi connectivity index (χ0n) is 14.4. The minimum atomic E-state index is -0.699. The Morgan fingerprint density at radius 1 is 1.24 bits per heavy atom. The van der Waals surface area contributed by atoms with Crippen molar-refractivity contribution in [3.8, 4) is 0 Å². The van der Waals surface area contributed by atoms with Gasteiger partial charge in [0.25, 0.3) is 0 Å². The lowest BCUT2D eigenvalue weighted by Gasteiger charge is -2.24. The van der Waals surface area contributed by atoms with Gasteiger partial charge < -0.3 is 10.1 Å². The van der Waals surface area contributed by atoms with Crippen molar-refractivity contribution in [2.45, 2.75) is 32.9 Å². The van der Waals surface area contributed by atoms with Crippen LogP contribution in [0.4, 0.5) is 21.0 Å². The highest BCUT2D eigenvalue weighted by Crippen LogP contribution is 2.27. The van der Waals surface area contributed by atoms with E-state index >= 15 is 0 Å². The molecule has 1 aromatic carbocycles. The summed E-state index contributed by atoms with van der Waals surface area (Å²) in [5.74, 6) is -0.205. The van der Waals surface area contributed by atoms with Crippen LogP contribution in [-0.4, -0.2) is 28.7 Å². The van der Waals surface area contributed by atoms with Crippen molar-refractivity contribution in [1.29, 1.82) is 0 Å². The SMILES string of the molecule is CC(C)C1COC(=O)N1c1cc(F)nc(N[C@@H](C)c2ccccc2)n1. The smallest absolute Gasteiger partial charge is 0.415 e. The van der Waals surface area contributed by atoms with E-state index in [0.717, 1.165) is 11.6 Å². The lowest BCUT2D eigenvalue weighted by atomic mass is 10.0. The van der Waals surface area contributed by atoms with E-state index in [2.05, 4.69) is 15.3 Å². The largest absolute Gasteiger partial charge is 0.447 e. The highest BCUT2D eigenvalue weighted by atomic mass is 19.1. The van der Waals surface area contributed by atoms with Gasteiger partial charge in [-0.3, -0.25) is 4.90 Å². The molecule has 2 heterocycles. The molecule has 2 aromatic rings. The zero-order chi connectivity index (χ0) is 18.0. The van der Waals surface area contributed by atoms with Gasteiger partial charge in [-0.2, -0.15) is 14.4 Å². The first kappa shape index (κ1) is 17.1. The predicted octanol–water partition coefficient (Wildman–Crippen LogP) is 3.77. The number of anilines is 2. The molecule has 1 amide bonds. The summed E-state index contributed by atoms with van der Waals surface area (Å²) < 4.78 is 19.1. The van der Waals surface area contributed by atoms with Crippen molar-refractivity contribution in [2.24, 2.45) is 5.92 Å². The van der Waals surface area contributed by atoms with Crippen molar-refractivity contribution in [3.63, 3.8) is 0 Å². The summed E-state index contributed by atoms with van der Waals surface area (Å²) in [5, 5.41) is 3.08. The predicted molar refractivity (Wildman–Crippen MR) is 92.9 cm³/mol. The van der Waals surface area contributed by atoms with Gasteiger partial charge in [0.05, 0.1) is 12.1 Å². The van der Waals surface area contributed by atoms with Crippen molar-refractivity contribution in [2.75, 3.05) is 16.8 Å². The number of ether oxygens (including phenoxy) is 1. The van der Waals surface area contributed by atoms with Crippen LogP contribution in [0, 0.1) is 11.9 Å². The van der Waals surface area contributed by atoms with Crippen LogP contribution < -0.4 is 10.2 Å². The number of carbonyl (C=O) groups excluding carboxylic acids is 1. The minimum Gasteiger partial charge on any atom is -0.447 e. The van der Waals surface area contributed by atoms with Crippen LogP contribution in [0.25, 0.3) is 0 Å². The highest BCUT2D eigenvalue weighted by molar-refractivity contribution is 5.89. The van der Waals surface area contributed by atoms with Gasteiger partial charge in [0, 0.05) is 6.07 Å². The second-order valence-electron chi connectivity index (χ2n) is 6.41. The van der Waals surface area contributed by atoms with Gasteiger partial charge in [-0.1, -0.05) is 44.2 Å². The fourth-order valence-corrected chi connectivity index (χ4v) is 2.80. The number of halogens is 1. The third-order valence-corrected chi connectivity index (χ3v) is 4.25. The Labute approximate surface area is 146 Å². The van der Waals surface area contributed by atoms with Crippen LogP contribution in [0.1, 0.15) is 32.4 Å². The fourth-order valence-electron chi connectivity index (χ4n) is 2.80. The van der Waals surface area contributed by atoms with E-state index in [0.29, 0.717) is 0 Å². The molecule has 6 nitrogen and oxygen atoms in total. The molecule has 0 aliphatic carbocycles. The maximum absolute atomic E-state index is 14.0. The number of nitrogens with one attached hydrogen (secondary N) is 1. The molecule has 132 valence electrons. The number of aromatic nitrogens is 2. The number of nitrogens with zero attached hydrogens (tertiary/aromatic N) is 3. The molecule has 1 aliphatic rings. The molecule has 0 radical (unpaired) electrons. The van der Waals surface area contributed by atoms with Gasteiger partial charge in [0.1, 0.15) is 12.4 Å². The van der Waals surface area contributed by atoms with Crippen molar-refractivity contribution in [1.82, 2.24) is 9.97 Å². The molecule has 1 saturated heterocycles. The number of hydrogen-bond acceptors (Lipinski definition) is 5. The first-order valence-corrected chi connectivity index (χ1v) is 8.27. The van der Waals surface area contributed by atoms with Crippen LogP contribution in [-0.2, 0) is 4.74 Å². The van der Waals surface area contributed by atoms with E-state index in [1.807, 2.05) is 51.1 Å². The third-order valence-electron chi connectivity index (χ3n) is 4.25. The van der Waals surface area contributed by atoms with Gasteiger partial charge in [-0.25, -0.2) is 4.79 Å². The third kappa shape index (κ3) is 3.70. The topological polar surface area (TPSA) is 67.3 Å². The average molecular weight is 344 g/mol. The summed E-state index contributed by atoms with van der Waals surface area (Å²) in [6.07, 6.45) is -0.515. The van der Waals surface area contributed by atoms with E-state index in [4.69, 9.17) is 4.74 Å². The molecule has 3 rings (SSSR count). The number of rotatable bonds is 5. The van der Waals surface area contributed by atoms with Crippen molar-refractivity contribution < 1.29 is 13.9 Å². The quantitative estimate of drug-likeness (QED) is 0.836. The summed E-state index contributed by atoms with van der Waals surface area (Å²) in [7, 11) is 0. The molecule has 1 N–H and O–H groups in total. The Kier molecular flexibility index (Phi) is 4.83. The molecule has 1 aliphatic heterocycles. The Balaban J connectivity index is 1.87. The zero-order valence-corrected chi connectivity index (χ0v) is 14.4. The Morgan fingerprint density at radius 3 is 2.64 bits per heavy atom. The van der Waals surface area contributed by atoms with Crippen LogP contribution >= 0.6 is 0 Å². The molecule has 1 aromatic heterocycles. The second kappa shape index (κ2) is 7.04. The van der Waals surface area contributed by atoms with Gasteiger partial charge >= 0.3 is 6.09 Å². The first-order valence-electron chi connectivity index (χ1n) is 8.27. The van der Waals surface area contributed by atoms with Gasteiger partial charge in [-0.05, 0) is 18.4 Å². The summed E-state index contributed by atoms with van der Waals surface area (Å²) >= 11 is 0. The minimum absolute atomic E-state index is 0.109. The maximum atomic E-state index is 14.0. The molecule has 0 bridgehead atoms. The molecular formula is C18H21FN4O2. The molecule has 7 heteroatoms. The maximum Gasteiger partial charge on any atom is 0.415 e. The van der Waals surface area contributed by atoms with Crippen LogP contribution in [0.3, 0.4) is 0 Å². The molecule has 0 spiro atoms. The fraction of sp³-hybridized carbons (Fsp3) is 0.389. The number of hydrogen-bond donors (Lipinski definition) is 1. The van der Waals surface area contributed by atoms with E-state index in [1.54, 1.807) is 0 Å². The first-order chi connectivity index (χ1) is 12.0. The van der Waals surface area contributed by atoms with Gasteiger partial charge in [-0.15, -0.1) is 0 Å². The second-order valence-corrected chi connectivity index (χ2v) is 6.41. The number of amides is 1. The summed E-state index contributed by atoms with van der Waals surface area (Å²) in [5.41, 5.74) is 1.03. The summed E-state index contributed by atoms with van der Waals surface area (Å²) in [6, 6.07) is 10.6. The van der Waals surface area contributed by atoms with E-state index in [9.17, 15) is 9.18 Å². The molecule has 1 unspecified atom stereocenters. The number of carbonyl (C=O) groups is 1. The van der Waals surface area contributed by atoms with Crippen LogP contribution in [0.2, 0.25) is 0 Å². The Morgan fingerprint density at radius 2 is 1.96 bits per heavy atom. The number of benzene rings is 1. The van der Waals surface area contributed by atoms with Crippen molar-refractivity contribution in [3.05, 3.63) is 47.9 Å². The standard InChI is InChI=1S/C18H21FN4O2/c1-11(2)14-10-25-18(24)23(14)16-9-15(19)21-17(22-16)20-12(3)13-7-5-4-6-8-13/h4-9,11-12,14H,10H2,1-3H3,(H,20,21,22)/t12-,14?/m0/s1. The van der Waals surface area contributed by atoms with Gasteiger partial charge in [0.15, 0.2) is 0 Å². The summed E-state index contributed by atoms with van der Waals surface area (Å²) in [6.45, 7) is 6.16.